The van der Waals surface area contributed by atoms with Crippen LogP contribution in [0.25, 0.3) is 0 Å². The first kappa shape index (κ1) is 24.9. The van der Waals surface area contributed by atoms with Gasteiger partial charge in [0.15, 0.2) is 0 Å². The molecule has 1 heterocycles. The summed E-state index contributed by atoms with van der Waals surface area (Å²) < 4.78 is 7.63. The average molecular weight is 476 g/mol. The topological polar surface area (TPSA) is 68.6 Å². The Kier molecular flexibility index (Phi) is 10.2. The Morgan fingerprint density at radius 2 is 2.00 bits per heavy atom. The van der Waals surface area contributed by atoms with Gasteiger partial charge in [0.05, 0.1) is 0 Å². The van der Waals surface area contributed by atoms with E-state index < -0.39 is 0 Å². The third kappa shape index (κ3) is 7.14. The van der Waals surface area contributed by atoms with Gasteiger partial charge in [-0.2, -0.15) is 0 Å². The molecular formula is C25H34ClN3O2S. The fourth-order valence-electron chi connectivity index (χ4n) is 3.69. The highest BCUT2D eigenvalue weighted by atomic mass is 35.5. The lowest BCUT2D eigenvalue weighted by Crippen LogP contribution is -2.26. The van der Waals surface area contributed by atoms with Gasteiger partial charge in [-0.1, -0.05) is 19.1 Å². The summed E-state index contributed by atoms with van der Waals surface area (Å²) in [4.78, 5) is 1.05. The predicted octanol–water partition coefficient (Wildman–Crippen LogP) is 5.45. The number of aliphatic hydroxyl groups is 1. The Balaban J connectivity index is 1.74. The molecule has 1 unspecified atom stereocenters. The highest BCUT2D eigenvalue weighted by Gasteiger charge is 2.17. The van der Waals surface area contributed by atoms with E-state index in [1.54, 1.807) is 11.9 Å². The van der Waals surface area contributed by atoms with E-state index >= 15 is 0 Å². The molecule has 1 saturated heterocycles. The van der Waals surface area contributed by atoms with Gasteiger partial charge in [-0.3, -0.25) is 0 Å². The maximum atomic E-state index is 9.69. The van der Waals surface area contributed by atoms with Crippen molar-refractivity contribution < 1.29 is 9.84 Å². The smallest absolute Gasteiger partial charge is 0.0488 e. The van der Waals surface area contributed by atoms with Crippen molar-refractivity contribution in [1.82, 2.24) is 0 Å². The van der Waals surface area contributed by atoms with Crippen LogP contribution in [-0.4, -0.2) is 50.1 Å². The van der Waals surface area contributed by atoms with E-state index in [0.29, 0.717) is 18.3 Å². The lowest BCUT2D eigenvalue weighted by atomic mass is 10.0. The van der Waals surface area contributed by atoms with E-state index in [4.69, 9.17) is 21.7 Å². The molecule has 2 aromatic rings. The van der Waals surface area contributed by atoms with Gasteiger partial charge in [0.25, 0.3) is 0 Å². The Bertz CT molecular complexity index is 840. The first-order chi connectivity index (χ1) is 15.7. The number of nitrogens with one attached hydrogen (secondary N) is 2. The van der Waals surface area contributed by atoms with Crippen molar-refractivity contribution in [1.29, 1.82) is 5.41 Å². The van der Waals surface area contributed by atoms with Crippen molar-refractivity contribution in [2.24, 2.45) is 11.8 Å². The Morgan fingerprint density at radius 1 is 1.25 bits per heavy atom. The number of ether oxygens (including phenoxy) is 1. The van der Waals surface area contributed by atoms with E-state index in [0.717, 1.165) is 60.9 Å². The van der Waals surface area contributed by atoms with E-state index in [9.17, 15) is 5.11 Å². The van der Waals surface area contributed by atoms with E-state index in [1.165, 1.54) is 11.8 Å². The fraction of sp³-hybridized carbons (Fsp3) is 0.480. The maximum absolute atomic E-state index is 9.69. The number of aryl methyl sites for hydroxylation is 1. The summed E-state index contributed by atoms with van der Waals surface area (Å²) in [7, 11) is 0. The molecular weight excluding hydrogens is 442 g/mol. The molecule has 0 bridgehead atoms. The van der Waals surface area contributed by atoms with E-state index in [2.05, 4.69) is 52.9 Å². The van der Waals surface area contributed by atoms with Crippen LogP contribution in [0.2, 0.25) is 0 Å². The average Bonchev–Trinajstić information content (AvgIpc) is 2.86. The van der Waals surface area contributed by atoms with Crippen LogP contribution in [0.15, 0.2) is 47.4 Å². The molecule has 7 heteroatoms. The van der Waals surface area contributed by atoms with Gasteiger partial charge >= 0.3 is 0 Å². The quantitative estimate of drug-likeness (QED) is 0.216. The van der Waals surface area contributed by atoms with Gasteiger partial charge in [0, 0.05) is 72.8 Å². The normalized spacial score (nSPS) is 15.3. The van der Waals surface area contributed by atoms with Gasteiger partial charge in [0.2, 0.25) is 0 Å². The number of rotatable bonds is 12. The second-order valence-electron chi connectivity index (χ2n) is 8.21. The molecule has 0 aromatic heterocycles. The summed E-state index contributed by atoms with van der Waals surface area (Å²) in [5.74, 6) is 1.00. The zero-order valence-corrected chi connectivity index (χ0v) is 20.3. The summed E-state index contributed by atoms with van der Waals surface area (Å²) in [6.45, 7) is 5.42. The summed E-state index contributed by atoms with van der Waals surface area (Å²) in [5, 5.41) is 21.1. The monoisotopic (exact) mass is 475 g/mol. The molecule has 0 saturated carbocycles. The molecule has 2 aromatic carbocycles. The molecule has 0 radical (unpaired) electrons. The summed E-state index contributed by atoms with van der Waals surface area (Å²) in [6.07, 6.45) is 4.57. The molecule has 32 heavy (non-hydrogen) atoms. The highest BCUT2D eigenvalue weighted by Crippen LogP contribution is 2.32. The number of benzene rings is 2. The summed E-state index contributed by atoms with van der Waals surface area (Å²) in [5.41, 5.74) is 4.23. The zero-order valence-electron chi connectivity index (χ0n) is 18.7. The standard InChI is InChI=1S/C25H34ClN3O2S/c1-2-19-3-5-23(6-4-19)29(17-21(14-26)18-30)32-24-7-8-25(22(13-24)15-27)28-16-20-9-11-31-12-10-20/h3-8,13,15,20-21,27-28,30H,2,9-12,14,16-18H2,1H3. The van der Waals surface area contributed by atoms with Crippen molar-refractivity contribution in [3.05, 3.63) is 53.6 Å². The molecule has 1 aliphatic heterocycles. The van der Waals surface area contributed by atoms with Gasteiger partial charge in [-0.15, -0.1) is 11.6 Å². The molecule has 1 atom stereocenters. The number of anilines is 2. The van der Waals surface area contributed by atoms with Gasteiger partial charge in [-0.05, 0) is 73.0 Å². The van der Waals surface area contributed by atoms with E-state index in [1.807, 2.05) is 6.07 Å². The molecule has 3 N–H and O–H groups in total. The molecule has 1 aliphatic rings. The van der Waals surface area contributed by atoms with Crippen LogP contribution in [0, 0.1) is 17.2 Å². The minimum absolute atomic E-state index is 0.0161. The Morgan fingerprint density at radius 3 is 2.62 bits per heavy atom. The third-order valence-electron chi connectivity index (χ3n) is 5.85. The Hall–Kier alpha value is -1.73. The highest BCUT2D eigenvalue weighted by molar-refractivity contribution is 8.00. The number of hydrogen-bond acceptors (Lipinski definition) is 6. The van der Waals surface area contributed by atoms with Crippen LogP contribution in [0.1, 0.15) is 30.9 Å². The fourth-order valence-corrected chi connectivity index (χ4v) is 4.96. The van der Waals surface area contributed by atoms with Crippen molar-refractivity contribution in [3.8, 4) is 0 Å². The molecule has 0 amide bonds. The van der Waals surface area contributed by atoms with Crippen LogP contribution in [0.5, 0.6) is 0 Å². The lowest BCUT2D eigenvalue weighted by molar-refractivity contribution is 0.0699. The van der Waals surface area contributed by atoms with Crippen molar-refractivity contribution in [2.75, 3.05) is 48.4 Å². The number of hydrogen-bond donors (Lipinski definition) is 3. The van der Waals surface area contributed by atoms with Crippen molar-refractivity contribution in [2.45, 2.75) is 31.1 Å². The Labute approximate surface area is 201 Å². The van der Waals surface area contributed by atoms with Gasteiger partial charge in [-0.25, -0.2) is 0 Å². The van der Waals surface area contributed by atoms with Crippen molar-refractivity contribution >= 4 is 41.1 Å². The summed E-state index contributed by atoms with van der Waals surface area (Å²) in [6, 6.07) is 14.7. The van der Waals surface area contributed by atoms with Crippen LogP contribution in [-0.2, 0) is 11.2 Å². The number of nitrogens with zero attached hydrogens (tertiary/aromatic N) is 1. The van der Waals surface area contributed by atoms with Gasteiger partial charge in [0.1, 0.15) is 0 Å². The summed E-state index contributed by atoms with van der Waals surface area (Å²) >= 11 is 7.69. The number of halogens is 1. The van der Waals surface area contributed by atoms with Crippen LogP contribution >= 0.6 is 23.5 Å². The molecule has 1 fully saturated rings. The van der Waals surface area contributed by atoms with Crippen molar-refractivity contribution in [3.63, 3.8) is 0 Å². The molecule has 174 valence electrons. The van der Waals surface area contributed by atoms with E-state index in [-0.39, 0.29) is 12.5 Å². The van der Waals surface area contributed by atoms with Crippen LogP contribution in [0.3, 0.4) is 0 Å². The first-order valence-electron chi connectivity index (χ1n) is 11.3. The lowest BCUT2D eigenvalue weighted by Gasteiger charge is -2.27. The number of alkyl halides is 1. The SMILES string of the molecule is CCc1ccc(N(CC(CO)CCl)Sc2ccc(NCC3CCOCC3)c(C=N)c2)cc1. The predicted molar refractivity (Wildman–Crippen MR) is 137 cm³/mol. The van der Waals surface area contributed by atoms with Crippen LogP contribution in [0.4, 0.5) is 11.4 Å². The molecule has 3 rings (SSSR count). The van der Waals surface area contributed by atoms with Crippen LogP contribution < -0.4 is 9.62 Å². The third-order valence-corrected chi connectivity index (χ3v) is 7.33. The second-order valence-corrected chi connectivity index (χ2v) is 9.61. The second kappa shape index (κ2) is 13.1. The minimum Gasteiger partial charge on any atom is -0.396 e. The van der Waals surface area contributed by atoms with Gasteiger partial charge < -0.3 is 24.9 Å². The number of aliphatic hydroxyl groups excluding tert-OH is 1. The molecule has 0 aliphatic carbocycles. The largest absolute Gasteiger partial charge is 0.396 e. The first-order valence-corrected chi connectivity index (χ1v) is 12.6. The zero-order chi connectivity index (χ0) is 22.8. The molecule has 0 spiro atoms. The minimum atomic E-state index is -0.0161. The molecule has 5 nitrogen and oxygen atoms in total. The maximum Gasteiger partial charge on any atom is 0.0488 e.